The fourth-order valence-corrected chi connectivity index (χ4v) is 7.89. The molecule has 232 valence electrons. The second-order valence-corrected chi connectivity index (χ2v) is 12.9. The Labute approximate surface area is 286 Å². The van der Waals surface area contributed by atoms with E-state index in [1.807, 2.05) is 36.4 Å². The summed E-state index contributed by atoms with van der Waals surface area (Å²) in [4.78, 5) is 10.2. The van der Waals surface area contributed by atoms with E-state index in [2.05, 4.69) is 132 Å². The van der Waals surface area contributed by atoms with Crippen molar-refractivity contribution in [3.63, 3.8) is 0 Å². The summed E-state index contributed by atoms with van der Waals surface area (Å²) in [5.74, 6) is 0.684. The lowest BCUT2D eigenvalue weighted by Gasteiger charge is -2.08. The Morgan fingerprint density at radius 2 is 1.10 bits per heavy atom. The van der Waals surface area contributed by atoms with E-state index in [-0.39, 0.29) is 0 Å². The lowest BCUT2D eigenvalue weighted by Crippen LogP contribution is -1.94. The molecule has 0 saturated carbocycles. The van der Waals surface area contributed by atoms with Crippen LogP contribution in [0.25, 0.3) is 105 Å². The molecule has 0 radical (unpaired) electrons. The molecule has 0 aliphatic rings. The number of rotatable bonds is 4. The fraction of sp³-hybridized carbons (Fsp3) is 0. The second-order valence-electron chi connectivity index (χ2n) is 12.9. The smallest absolute Gasteiger partial charge is 0.180 e. The third kappa shape index (κ3) is 3.87. The minimum Gasteiger partial charge on any atom is -0.452 e. The predicted octanol–water partition coefficient (Wildman–Crippen LogP) is 12.2. The molecule has 0 aliphatic heterocycles. The number of para-hydroxylation sites is 2. The van der Waals surface area contributed by atoms with Crippen LogP contribution in [-0.2, 0) is 0 Å². The van der Waals surface area contributed by atoms with Crippen molar-refractivity contribution >= 4 is 60.2 Å². The van der Waals surface area contributed by atoms with Crippen LogP contribution in [0.3, 0.4) is 0 Å². The van der Waals surface area contributed by atoms with Gasteiger partial charge in [0.05, 0.1) is 16.6 Å². The van der Waals surface area contributed by atoms with Gasteiger partial charge in [-0.05, 0) is 52.6 Å². The minimum absolute atomic E-state index is 0.684. The molecule has 4 nitrogen and oxygen atoms in total. The standard InChI is InChI=1S/C46H27N3O/c1-3-11-28(12-4-1)29-21-23-30(24-22-29)33-16-10-19-39-41(33)36-18-9-17-34-37-27-32(25-26-38(37)49(39)44(34)36)42-45-43(35-15-7-8-20-40(35)50-45)48-46(47-42)31-13-5-2-6-14-31/h1-27H. The number of nitrogens with zero attached hydrogens (tertiary/aromatic N) is 3. The molecule has 11 aromatic rings. The SMILES string of the molecule is c1ccc(-c2ccc(-c3cccc4c3c3cccc5c6cc(-c7nc(-c8ccccc8)nc8c7oc7ccccc78)ccc6n4c53)cc2)cc1. The zero-order chi connectivity index (χ0) is 32.8. The first-order valence-corrected chi connectivity index (χ1v) is 16.9. The van der Waals surface area contributed by atoms with Crippen LogP contribution >= 0.6 is 0 Å². The van der Waals surface area contributed by atoms with Crippen LogP contribution in [0.5, 0.6) is 0 Å². The van der Waals surface area contributed by atoms with Crippen molar-refractivity contribution in [1.29, 1.82) is 0 Å². The Kier molecular flexibility index (Phi) is 5.63. The van der Waals surface area contributed by atoms with Crippen molar-refractivity contribution in [2.24, 2.45) is 0 Å². The Morgan fingerprint density at radius 1 is 0.440 bits per heavy atom. The molecule has 0 spiro atoms. The maximum atomic E-state index is 6.47. The topological polar surface area (TPSA) is 43.3 Å². The highest BCUT2D eigenvalue weighted by Crippen LogP contribution is 2.44. The van der Waals surface area contributed by atoms with Crippen molar-refractivity contribution in [2.75, 3.05) is 0 Å². The van der Waals surface area contributed by atoms with Gasteiger partial charge in [-0.2, -0.15) is 0 Å². The van der Waals surface area contributed by atoms with E-state index in [1.54, 1.807) is 0 Å². The molecule has 4 aromatic heterocycles. The zero-order valence-electron chi connectivity index (χ0n) is 26.8. The third-order valence-electron chi connectivity index (χ3n) is 10.2. The number of aromatic nitrogens is 3. The highest BCUT2D eigenvalue weighted by molar-refractivity contribution is 6.26. The van der Waals surface area contributed by atoms with E-state index in [0.29, 0.717) is 11.4 Å². The summed E-state index contributed by atoms with van der Waals surface area (Å²) in [6.07, 6.45) is 0. The van der Waals surface area contributed by atoms with Crippen LogP contribution in [0.1, 0.15) is 0 Å². The first kappa shape index (κ1) is 27.2. The maximum absolute atomic E-state index is 6.47. The third-order valence-corrected chi connectivity index (χ3v) is 10.2. The molecular weight excluding hydrogens is 611 g/mol. The molecule has 4 heteroatoms. The van der Waals surface area contributed by atoms with Crippen LogP contribution in [0.15, 0.2) is 168 Å². The fourth-order valence-electron chi connectivity index (χ4n) is 7.89. The quantitative estimate of drug-likeness (QED) is 0.193. The van der Waals surface area contributed by atoms with E-state index in [0.717, 1.165) is 33.3 Å². The summed E-state index contributed by atoms with van der Waals surface area (Å²) in [6, 6.07) is 57.8. The van der Waals surface area contributed by atoms with Gasteiger partial charge in [0.2, 0.25) is 0 Å². The normalized spacial score (nSPS) is 12.0. The second kappa shape index (κ2) is 10.4. The van der Waals surface area contributed by atoms with Crippen LogP contribution in [0.2, 0.25) is 0 Å². The van der Waals surface area contributed by atoms with Crippen LogP contribution in [0, 0.1) is 0 Å². The average molecular weight is 638 g/mol. The highest BCUT2D eigenvalue weighted by atomic mass is 16.3. The van der Waals surface area contributed by atoms with Crippen LogP contribution in [0.4, 0.5) is 0 Å². The monoisotopic (exact) mass is 637 g/mol. The van der Waals surface area contributed by atoms with Crippen LogP contribution in [-0.4, -0.2) is 14.4 Å². The van der Waals surface area contributed by atoms with E-state index < -0.39 is 0 Å². The molecule has 0 atom stereocenters. The number of hydrogen-bond donors (Lipinski definition) is 0. The molecule has 0 bridgehead atoms. The van der Waals surface area contributed by atoms with Gasteiger partial charge in [0.25, 0.3) is 0 Å². The lowest BCUT2D eigenvalue weighted by molar-refractivity contribution is 0.667. The first-order chi connectivity index (χ1) is 24.8. The summed E-state index contributed by atoms with van der Waals surface area (Å²) in [5, 5.41) is 5.93. The Balaban J connectivity index is 1.13. The summed E-state index contributed by atoms with van der Waals surface area (Å²) in [5.41, 5.74) is 13.6. The summed E-state index contributed by atoms with van der Waals surface area (Å²) < 4.78 is 8.91. The van der Waals surface area contributed by atoms with Crippen molar-refractivity contribution in [3.05, 3.63) is 164 Å². The largest absolute Gasteiger partial charge is 0.452 e. The molecular formula is C46H27N3O. The lowest BCUT2D eigenvalue weighted by atomic mass is 9.96. The Hall–Kier alpha value is -6.78. The predicted molar refractivity (Wildman–Crippen MR) is 206 cm³/mol. The average Bonchev–Trinajstić information content (AvgIpc) is 3.85. The van der Waals surface area contributed by atoms with E-state index >= 15 is 0 Å². The van der Waals surface area contributed by atoms with Gasteiger partial charge >= 0.3 is 0 Å². The number of hydrogen-bond acceptors (Lipinski definition) is 3. The van der Waals surface area contributed by atoms with E-state index in [1.165, 1.54) is 60.3 Å². The molecule has 0 fully saturated rings. The van der Waals surface area contributed by atoms with Crippen molar-refractivity contribution in [1.82, 2.24) is 14.4 Å². The van der Waals surface area contributed by atoms with Gasteiger partial charge in [-0.15, -0.1) is 0 Å². The maximum Gasteiger partial charge on any atom is 0.180 e. The summed E-state index contributed by atoms with van der Waals surface area (Å²) in [6.45, 7) is 0. The summed E-state index contributed by atoms with van der Waals surface area (Å²) >= 11 is 0. The number of benzene rings is 7. The van der Waals surface area contributed by atoms with Gasteiger partial charge in [0, 0.05) is 38.1 Å². The van der Waals surface area contributed by atoms with Crippen molar-refractivity contribution in [3.8, 4) is 44.9 Å². The number of fused-ring (bicyclic) bond motifs is 9. The van der Waals surface area contributed by atoms with Gasteiger partial charge in [0.1, 0.15) is 16.8 Å². The van der Waals surface area contributed by atoms with E-state index in [4.69, 9.17) is 14.4 Å². The molecule has 50 heavy (non-hydrogen) atoms. The van der Waals surface area contributed by atoms with Crippen molar-refractivity contribution < 1.29 is 4.42 Å². The molecule has 0 N–H and O–H groups in total. The van der Waals surface area contributed by atoms with Gasteiger partial charge in [-0.1, -0.05) is 133 Å². The highest BCUT2D eigenvalue weighted by Gasteiger charge is 2.22. The zero-order valence-corrected chi connectivity index (χ0v) is 26.8. The summed E-state index contributed by atoms with van der Waals surface area (Å²) in [7, 11) is 0. The minimum atomic E-state index is 0.684. The molecule has 11 rings (SSSR count). The van der Waals surface area contributed by atoms with Gasteiger partial charge in [-0.25, -0.2) is 9.97 Å². The number of furan rings is 1. The first-order valence-electron chi connectivity index (χ1n) is 16.9. The van der Waals surface area contributed by atoms with E-state index in [9.17, 15) is 0 Å². The molecule has 7 aromatic carbocycles. The van der Waals surface area contributed by atoms with Gasteiger partial charge < -0.3 is 8.82 Å². The Morgan fingerprint density at radius 3 is 1.94 bits per heavy atom. The van der Waals surface area contributed by atoms with Gasteiger partial charge in [0.15, 0.2) is 11.4 Å². The molecule has 4 heterocycles. The van der Waals surface area contributed by atoms with Crippen LogP contribution < -0.4 is 0 Å². The molecule has 0 saturated heterocycles. The molecule has 0 amide bonds. The molecule has 0 unspecified atom stereocenters. The molecule has 0 aliphatic carbocycles. The van der Waals surface area contributed by atoms with Crippen molar-refractivity contribution in [2.45, 2.75) is 0 Å². The Bertz CT molecular complexity index is 3070. The van der Waals surface area contributed by atoms with Gasteiger partial charge in [-0.3, -0.25) is 0 Å².